The maximum atomic E-state index is 12.0. The zero-order valence-corrected chi connectivity index (χ0v) is 21.3. The number of carbonyl (C=O) groups is 2. The molecule has 0 aliphatic heterocycles. The van der Waals surface area contributed by atoms with Gasteiger partial charge in [0.2, 0.25) is 5.91 Å². The van der Waals surface area contributed by atoms with E-state index in [2.05, 4.69) is 31.9 Å². The molecule has 0 fully saturated rings. The summed E-state index contributed by atoms with van der Waals surface area (Å²) in [5.74, 6) is 0.750. The average Bonchev–Trinajstić information content (AvgIpc) is 3.59. The zero-order valence-electron chi connectivity index (χ0n) is 21.3. The van der Waals surface area contributed by atoms with Gasteiger partial charge in [0.05, 0.1) is 29.3 Å². The van der Waals surface area contributed by atoms with Crippen LogP contribution in [0.3, 0.4) is 0 Å². The lowest BCUT2D eigenvalue weighted by Crippen LogP contribution is -2.31. The Morgan fingerprint density at radius 2 is 1.85 bits per heavy atom. The van der Waals surface area contributed by atoms with Crippen molar-refractivity contribution >= 4 is 39.8 Å². The van der Waals surface area contributed by atoms with E-state index < -0.39 is 6.09 Å². The van der Waals surface area contributed by atoms with Crippen LogP contribution in [0.5, 0.6) is 0 Å². The fourth-order valence-corrected chi connectivity index (χ4v) is 4.18. The third kappa shape index (κ3) is 5.57. The van der Waals surface area contributed by atoms with Gasteiger partial charge in [0.1, 0.15) is 24.2 Å². The van der Waals surface area contributed by atoms with Gasteiger partial charge in [-0.2, -0.15) is 0 Å². The van der Waals surface area contributed by atoms with Crippen LogP contribution in [0.1, 0.15) is 18.1 Å². The van der Waals surface area contributed by atoms with Gasteiger partial charge in [-0.1, -0.05) is 54.2 Å². The molecule has 0 saturated heterocycles. The van der Waals surface area contributed by atoms with Crippen molar-refractivity contribution in [1.82, 2.24) is 30.3 Å². The van der Waals surface area contributed by atoms with E-state index in [1.807, 2.05) is 48.5 Å². The maximum Gasteiger partial charge on any atom is 0.407 e. The maximum absolute atomic E-state index is 12.0. The van der Waals surface area contributed by atoms with Crippen molar-refractivity contribution in [3.63, 3.8) is 0 Å². The molecule has 0 aliphatic carbocycles. The van der Waals surface area contributed by atoms with Crippen molar-refractivity contribution in [2.24, 2.45) is 0 Å². The summed E-state index contributed by atoms with van der Waals surface area (Å²) in [5.41, 5.74) is 11.6. The standard InChI is InChI=1S/C28H27N7O4/c1-17(2)27(36)30-11-12-38-28(37)31-13-18-7-9-19(10-8-18)15-35-24-21-5-3-4-6-22(21)33-25(29)23(24)34-26(35)20-14-32-39-16-20/h3-10,14,16H,1,11-13,15H2,2H3,(H2,29,33)(H,30,36)(H,31,37). The number of benzene rings is 2. The first-order valence-corrected chi connectivity index (χ1v) is 12.3. The molecule has 0 bridgehead atoms. The first-order chi connectivity index (χ1) is 18.9. The molecule has 4 N–H and O–H groups in total. The second kappa shape index (κ2) is 11.1. The summed E-state index contributed by atoms with van der Waals surface area (Å²) in [7, 11) is 0. The minimum absolute atomic E-state index is 0.0614. The van der Waals surface area contributed by atoms with Gasteiger partial charge >= 0.3 is 6.09 Å². The number of pyridine rings is 1. The van der Waals surface area contributed by atoms with Crippen molar-refractivity contribution in [3.05, 3.63) is 84.3 Å². The topological polar surface area (TPSA) is 150 Å². The number of carbonyl (C=O) groups excluding carboxylic acids is 2. The number of amides is 2. The molecule has 198 valence electrons. The number of nitrogens with two attached hydrogens (primary N) is 1. The van der Waals surface area contributed by atoms with Gasteiger partial charge in [-0.15, -0.1) is 0 Å². The highest BCUT2D eigenvalue weighted by molar-refractivity contribution is 6.07. The molecule has 0 radical (unpaired) electrons. The van der Waals surface area contributed by atoms with Crippen LogP contribution in [0.4, 0.5) is 10.6 Å². The van der Waals surface area contributed by atoms with Gasteiger partial charge < -0.3 is 30.2 Å². The predicted molar refractivity (Wildman–Crippen MR) is 146 cm³/mol. The summed E-state index contributed by atoms with van der Waals surface area (Å²) in [6.07, 6.45) is 2.60. The third-order valence-corrected chi connectivity index (χ3v) is 6.11. The minimum atomic E-state index is -0.565. The number of fused-ring (bicyclic) bond motifs is 3. The molecule has 11 nitrogen and oxygen atoms in total. The van der Waals surface area contributed by atoms with Crippen LogP contribution in [0.25, 0.3) is 33.3 Å². The normalized spacial score (nSPS) is 11.0. The molecule has 39 heavy (non-hydrogen) atoms. The van der Waals surface area contributed by atoms with E-state index in [4.69, 9.17) is 20.0 Å². The van der Waals surface area contributed by atoms with E-state index in [0.29, 0.717) is 35.8 Å². The van der Waals surface area contributed by atoms with E-state index in [-0.39, 0.29) is 19.1 Å². The Labute approximate surface area is 223 Å². The number of ether oxygens (including phenoxy) is 1. The molecular formula is C28H27N7O4. The lowest BCUT2D eigenvalue weighted by Gasteiger charge is -2.11. The third-order valence-electron chi connectivity index (χ3n) is 6.11. The lowest BCUT2D eigenvalue weighted by molar-refractivity contribution is -0.117. The van der Waals surface area contributed by atoms with Crippen LogP contribution in [0.15, 0.2) is 77.7 Å². The zero-order chi connectivity index (χ0) is 27.4. The van der Waals surface area contributed by atoms with Crippen molar-refractivity contribution < 1.29 is 18.8 Å². The van der Waals surface area contributed by atoms with E-state index in [1.165, 1.54) is 0 Å². The number of alkyl carbamates (subject to hydrolysis) is 1. The van der Waals surface area contributed by atoms with Crippen LogP contribution in [-0.2, 0) is 22.6 Å². The quantitative estimate of drug-likeness (QED) is 0.194. The van der Waals surface area contributed by atoms with E-state index >= 15 is 0 Å². The molecule has 0 unspecified atom stereocenters. The number of hydrogen-bond donors (Lipinski definition) is 3. The van der Waals surface area contributed by atoms with Crippen LogP contribution in [0.2, 0.25) is 0 Å². The van der Waals surface area contributed by atoms with E-state index in [9.17, 15) is 9.59 Å². The Hall–Kier alpha value is -5.19. The van der Waals surface area contributed by atoms with Gasteiger partial charge in [0.15, 0.2) is 5.82 Å². The molecule has 11 heteroatoms. The fourth-order valence-electron chi connectivity index (χ4n) is 4.18. The smallest absolute Gasteiger partial charge is 0.407 e. The molecule has 2 amide bonds. The highest BCUT2D eigenvalue weighted by Gasteiger charge is 2.19. The minimum Gasteiger partial charge on any atom is -0.448 e. The van der Waals surface area contributed by atoms with Crippen LogP contribution in [0, 0.1) is 0 Å². The Balaban J connectivity index is 1.31. The molecule has 0 atom stereocenters. The highest BCUT2D eigenvalue weighted by Crippen LogP contribution is 2.33. The number of para-hydroxylation sites is 1. The number of hydrogen-bond acceptors (Lipinski definition) is 8. The predicted octanol–water partition coefficient (Wildman–Crippen LogP) is 3.79. The van der Waals surface area contributed by atoms with Crippen LogP contribution in [-0.4, -0.2) is 44.8 Å². The second-order valence-electron chi connectivity index (χ2n) is 8.99. The second-order valence-corrected chi connectivity index (χ2v) is 8.99. The summed E-state index contributed by atoms with van der Waals surface area (Å²) < 4.78 is 12.3. The monoisotopic (exact) mass is 525 g/mol. The average molecular weight is 526 g/mol. The summed E-state index contributed by atoms with van der Waals surface area (Å²) in [4.78, 5) is 32.8. The number of nitrogens with one attached hydrogen (secondary N) is 2. The largest absolute Gasteiger partial charge is 0.448 e. The summed E-state index contributed by atoms with van der Waals surface area (Å²) >= 11 is 0. The summed E-state index contributed by atoms with van der Waals surface area (Å²) in [6, 6.07) is 15.7. The molecule has 2 aromatic carbocycles. The van der Waals surface area contributed by atoms with Crippen molar-refractivity contribution in [1.29, 1.82) is 0 Å². The first kappa shape index (κ1) is 25.5. The van der Waals surface area contributed by atoms with Crippen molar-refractivity contribution in [2.75, 3.05) is 18.9 Å². The molecular weight excluding hydrogens is 498 g/mol. The SMILES string of the molecule is C=C(C)C(=O)NCCOC(=O)NCc1ccc(Cn2c(-c3cnoc3)nc3c(N)nc4ccccc4c32)cc1. The Kier molecular flexibility index (Phi) is 7.21. The Morgan fingerprint density at radius 3 is 2.59 bits per heavy atom. The van der Waals surface area contributed by atoms with Gasteiger partial charge in [0.25, 0.3) is 0 Å². The van der Waals surface area contributed by atoms with E-state index in [0.717, 1.165) is 33.1 Å². The number of aromatic nitrogens is 4. The van der Waals surface area contributed by atoms with Crippen LogP contribution >= 0.6 is 0 Å². The fraction of sp³-hybridized carbons (Fsp3) is 0.179. The van der Waals surface area contributed by atoms with Gasteiger partial charge in [-0.3, -0.25) is 4.79 Å². The number of nitrogen functional groups attached to an aromatic ring is 1. The Bertz CT molecular complexity index is 1660. The van der Waals surface area contributed by atoms with Crippen molar-refractivity contribution in [2.45, 2.75) is 20.0 Å². The van der Waals surface area contributed by atoms with Gasteiger partial charge in [-0.25, -0.2) is 14.8 Å². The van der Waals surface area contributed by atoms with Gasteiger partial charge in [-0.05, 0) is 24.1 Å². The molecule has 3 aromatic heterocycles. The first-order valence-electron chi connectivity index (χ1n) is 12.3. The summed E-state index contributed by atoms with van der Waals surface area (Å²) in [6.45, 7) is 6.24. The number of anilines is 1. The highest BCUT2D eigenvalue weighted by atomic mass is 16.5. The molecule has 0 spiro atoms. The molecule has 0 saturated carbocycles. The van der Waals surface area contributed by atoms with Gasteiger partial charge in [0, 0.05) is 24.0 Å². The Morgan fingerprint density at radius 1 is 1.08 bits per heavy atom. The number of imidazole rings is 1. The number of nitrogens with zero attached hydrogens (tertiary/aromatic N) is 4. The summed E-state index contributed by atoms with van der Waals surface area (Å²) in [5, 5.41) is 10.1. The molecule has 3 heterocycles. The van der Waals surface area contributed by atoms with Crippen LogP contribution < -0.4 is 16.4 Å². The number of rotatable bonds is 9. The molecule has 5 aromatic rings. The molecule has 0 aliphatic rings. The van der Waals surface area contributed by atoms with Crippen molar-refractivity contribution in [3.8, 4) is 11.4 Å². The molecule has 5 rings (SSSR count). The lowest BCUT2D eigenvalue weighted by atomic mass is 10.1. The van der Waals surface area contributed by atoms with E-state index in [1.54, 1.807) is 19.4 Å².